The molecule has 1 unspecified atom stereocenters. The summed E-state index contributed by atoms with van der Waals surface area (Å²) < 4.78 is 12.9. The molecule has 0 aliphatic heterocycles. The van der Waals surface area contributed by atoms with Crippen LogP contribution in [0.5, 0.6) is 0 Å². The van der Waals surface area contributed by atoms with Crippen molar-refractivity contribution in [3.05, 3.63) is 47.3 Å². The van der Waals surface area contributed by atoms with E-state index in [4.69, 9.17) is 0 Å². The molecule has 3 rings (SSSR count). The van der Waals surface area contributed by atoms with Crippen LogP contribution in [0.1, 0.15) is 70.3 Å². The van der Waals surface area contributed by atoms with Gasteiger partial charge in [-0.25, -0.2) is 4.39 Å². The van der Waals surface area contributed by atoms with Gasteiger partial charge in [-0.05, 0) is 80.4 Å². The molecule has 2 aliphatic carbocycles. The van der Waals surface area contributed by atoms with Gasteiger partial charge in [0.2, 0.25) is 0 Å². The van der Waals surface area contributed by atoms with Gasteiger partial charge < -0.3 is 0 Å². The molecule has 0 bridgehead atoms. The molecule has 23 heavy (non-hydrogen) atoms. The first kappa shape index (κ1) is 16.7. The summed E-state index contributed by atoms with van der Waals surface area (Å²) in [6.07, 6.45) is 16.0. The highest BCUT2D eigenvalue weighted by Gasteiger charge is 2.27. The van der Waals surface area contributed by atoms with Crippen molar-refractivity contribution in [3.8, 4) is 0 Å². The lowest BCUT2D eigenvalue weighted by molar-refractivity contribution is 0.189. The van der Waals surface area contributed by atoms with E-state index in [1.807, 2.05) is 12.1 Å². The number of rotatable bonds is 5. The maximum atomic E-state index is 12.9. The van der Waals surface area contributed by atoms with Crippen molar-refractivity contribution in [2.24, 2.45) is 17.8 Å². The molecule has 1 fully saturated rings. The second kappa shape index (κ2) is 8.13. The van der Waals surface area contributed by atoms with E-state index < -0.39 is 0 Å². The van der Waals surface area contributed by atoms with Crippen LogP contribution in [0.15, 0.2) is 35.9 Å². The zero-order chi connectivity index (χ0) is 16.1. The third-order valence-corrected chi connectivity index (χ3v) is 6.33. The Morgan fingerprint density at radius 3 is 2.26 bits per heavy atom. The van der Waals surface area contributed by atoms with Crippen LogP contribution in [0.2, 0.25) is 0 Å². The van der Waals surface area contributed by atoms with Gasteiger partial charge in [0.15, 0.2) is 0 Å². The molecule has 1 atom stereocenters. The van der Waals surface area contributed by atoms with E-state index in [-0.39, 0.29) is 5.82 Å². The molecule has 0 radical (unpaired) electrons. The molecule has 0 amide bonds. The average molecular weight is 314 g/mol. The molecule has 2 aliphatic rings. The first-order chi connectivity index (χ1) is 11.2. The highest BCUT2D eigenvalue weighted by molar-refractivity contribution is 5.18. The van der Waals surface area contributed by atoms with Crippen molar-refractivity contribution in [3.63, 3.8) is 0 Å². The summed E-state index contributed by atoms with van der Waals surface area (Å²) >= 11 is 0. The maximum absolute atomic E-state index is 12.9. The molecule has 0 heterocycles. The van der Waals surface area contributed by atoms with Crippen LogP contribution in [0.25, 0.3) is 0 Å². The molecule has 0 nitrogen and oxygen atoms in total. The topological polar surface area (TPSA) is 0 Å². The van der Waals surface area contributed by atoms with Gasteiger partial charge in [-0.15, -0.1) is 0 Å². The summed E-state index contributed by atoms with van der Waals surface area (Å²) in [6.45, 7) is 2.35. The van der Waals surface area contributed by atoms with Crippen LogP contribution >= 0.6 is 0 Å². The second-order valence-electron chi connectivity index (χ2n) is 7.71. The Balaban J connectivity index is 1.44. The molecular weight excluding hydrogens is 283 g/mol. The third kappa shape index (κ3) is 4.68. The molecule has 1 aromatic carbocycles. The predicted molar refractivity (Wildman–Crippen MR) is 95.9 cm³/mol. The fourth-order valence-electron chi connectivity index (χ4n) is 4.59. The Morgan fingerprint density at radius 2 is 1.65 bits per heavy atom. The van der Waals surface area contributed by atoms with E-state index in [0.717, 1.165) is 30.6 Å². The molecule has 0 N–H and O–H groups in total. The van der Waals surface area contributed by atoms with Crippen LogP contribution in [0.3, 0.4) is 0 Å². The van der Waals surface area contributed by atoms with Gasteiger partial charge in [0, 0.05) is 0 Å². The van der Waals surface area contributed by atoms with Gasteiger partial charge in [-0.2, -0.15) is 0 Å². The van der Waals surface area contributed by atoms with E-state index in [1.165, 1.54) is 56.9 Å². The molecule has 0 saturated heterocycles. The number of allylic oxidation sites excluding steroid dienone is 2. The number of hydrogen-bond acceptors (Lipinski definition) is 0. The molecule has 1 heteroatoms. The van der Waals surface area contributed by atoms with Crippen LogP contribution in [0.4, 0.5) is 4.39 Å². The lowest BCUT2D eigenvalue weighted by Gasteiger charge is -2.35. The van der Waals surface area contributed by atoms with Crippen LogP contribution in [-0.4, -0.2) is 0 Å². The molecule has 1 aromatic rings. The third-order valence-electron chi connectivity index (χ3n) is 6.33. The minimum Gasteiger partial charge on any atom is -0.207 e. The zero-order valence-electron chi connectivity index (χ0n) is 14.6. The van der Waals surface area contributed by atoms with E-state index in [9.17, 15) is 4.39 Å². The molecule has 0 aromatic heterocycles. The monoisotopic (exact) mass is 314 g/mol. The first-order valence-corrected chi connectivity index (χ1v) is 9.67. The highest BCUT2D eigenvalue weighted by atomic mass is 19.1. The Hall–Kier alpha value is -1.11. The fourth-order valence-corrected chi connectivity index (χ4v) is 4.59. The first-order valence-electron chi connectivity index (χ1n) is 9.67. The van der Waals surface area contributed by atoms with Gasteiger partial charge in [0.05, 0.1) is 0 Å². The van der Waals surface area contributed by atoms with Crippen LogP contribution in [0, 0.1) is 23.6 Å². The van der Waals surface area contributed by atoms with E-state index in [0.29, 0.717) is 0 Å². The summed E-state index contributed by atoms with van der Waals surface area (Å²) in [7, 11) is 0. The maximum Gasteiger partial charge on any atom is 0.123 e. The number of halogens is 1. The second-order valence-corrected chi connectivity index (χ2v) is 7.71. The molecule has 126 valence electrons. The zero-order valence-corrected chi connectivity index (χ0v) is 14.6. The molecular formula is C22H31F. The number of benzene rings is 1. The van der Waals surface area contributed by atoms with Crippen LogP contribution in [-0.2, 0) is 6.42 Å². The quantitative estimate of drug-likeness (QED) is 0.530. The van der Waals surface area contributed by atoms with Crippen molar-refractivity contribution in [1.29, 1.82) is 0 Å². The number of hydrogen-bond donors (Lipinski definition) is 0. The van der Waals surface area contributed by atoms with E-state index >= 15 is 0 Å². The van der Waals surface area contributed by atoms with Gasteiger partial charge >= 0.3 is 0 Å². The predicted octanol–water partition coefficient (Wildman–Crippen LogP) is 6.70. The van der Waals surface area contributed by atoms with E-state index in [2.05, 4.69) is 13.0 Å². The van der Waals surface area contributed by atoms with Crippen molar-refractivity contribution >= 4 is 0 Å². The highest BCUT2D eigenvalue weighted by Crippen LogP contribution is 2.40. The lowest BCUT2D eigenvalue weighted by atomic mass is 9.71. The Bertz CT molecular complexity index is 505. The van der Waals surface area contributed by atoms with Crippen LogP contribution < -0.4 is 0 Å². The molecule has 1 saturated carbocycles. The van der Waals surface area contributed by atoms with E-state index in [1.54, 1.807) is 17.7 Å². The van der Waals surface area contributed by atoms with Gasteiger partial charge in [0.25, 0.3) is 0 Å². The van der Waals surface area contributed by atoms with Crippen molar-refractivity contribution in [2.75, 3.05) is 0 Å². The largest absolute Gasteiger partial charge is 0.207 e. The lowest BCUT2D eigenvalue weighted by Crippen LogP contribution is -2.23. The SMILES string of the molecule is CCC1CCC(C2CC=C(CCc3ccc(F)cc3)CC2)CC1. The Morgan fingerprint density at radius 1 is 0.913 bits per heavy atom. The standard InChI is InChI=1S/C22H31F/c1-2-17-5-11-20(12-6-17)21-13-7-18(8-14-21)3-4-19-9-15-22(23)16-10-19/h7,9-10,15-17,20-21H,2-6,8,11-14H2,1H3. The van der Waals surface area contributed by atoms with Gasteiger partial charge in [0.1, 0.15) is 5.82 Å². The number of aryl methyl sites for hydroxylation is 1. The Labute approximate surface area is 141 Å². The minimum atomic E-state index is -0.133. The Kier molecular flexibility index (Phi) is 5.91. The summed E-state index contributed by atoms with van der Waals surface area (Å²) in [4.78, 5) is 0. The fraction of sp³-hybridized carbons (Fsp3) is 0.636. The normalized spacial score (nSPS) is 28.4. The summed E-state index contributed by atoms with van der Waals surface area (Å²) in [5.74, 6) is 2.82. The van der Waals surface area contributed by atoms with Gasteiger partial charge in [-0.3, -0.25) is 0 Å². The summed E-state index contributed by atoms with van der Waals surface area (Å²) in [5.41, 5.74) is 2.89. The summed E-state index contributed by atoms with van der Waals surface area (Å²) in [5, 5.41) is 0. The van der Waals surface area contributed by atoms with Gasteiger partial charge in [-0.1, -0.05) is 50.0 Å². The average Bonchev–Trinajstić information content (AvgIpc) is 2.62. The van der Waals surface area contributed by atoms with Crippen molar-refractivity contribution in [2.45, 2.75) is 71.1 Å². The molecule has 0 spiro atoms. The summed E-state index contributed by atoms with van der Waals surface area (Å²) in [6, 6.07) is 7.00. The minimum absolute atomic E-state index is 0.133. The van der Waals surface area contributed by atoms with Crippen molar-refractivity contribution < 1.29 is 4.39 Å². The van der Waals surface area contributed by atoms with Crippen molar-refractivity contribution in [1.82, 2.24) is 0 Å². The smallest absolute Gasteiger partial charge is 0.123 e.